The molecule has 0 saturated heterocycles. The molecule has 5 nitrogen and oxygen atoms in total. The monoisotopic (exact) mass is 334 g/mol. The molecule has 6 heteroatoms. The Bertz CT molecular complexity index is 712. The number of hydrogen-bond donors (Lipinski definition) is 1. The third-order valence-electron chi connectivity index (χ3n) is 4.02. The number of carbonyl (C=O) groups excluding carboxylic acids is 2. The minimum absolute atomic E-state index is 0.172. The van der Waals surface area contributed by atoms with Gasteiger partial charge in [-0.3, -0.25) is 4.79 Å². The summed E-state index contributed by atoms with van der Waals surface area (Å²) < 4.78 is 4.87. The maximum absolute atomic E-state index is 12.1. The maximum atomic E-state index is 12.1. The van der Waals surface area contributed by atoms with E-state index in [2.05, 4.69) is 23.8 Å². The highest BCUT2D eigenvalue weighted by Crippen LogP contribution is 2.35. The van der Waals surface area contributed by atoms with Crippen LogP contribution in [0.2, 0.25) is 5.15 Å². The third kappa shape index (κ3) is 3.45. The second kappa shape index (κ2) is 7.42. The zero-order chi connectivity index (χ0) is 17.0. The average Bonchev–Trinajstić information content (AvgIpc) is 2.95. The number of nitrogens with one attached hydrogen (secondary N) is 1. The molecular formula is C17H19ClN2O3. The van der Waals surface area contributed by atoms with E-state index in [9.17, 15) is 9.59 Å². The fraction of sp³-hybridized carbons (Fsp3) is 0.353. The summed E-state index contributed by atoms with van der Waals surface area (Å²) in [5, 5.41) is 0.207. The number of methoxy groups -OCH3 is 1. The molecule has 1 aromatic carbocycles. The van der Waals surface area contributed by atoms with Crippen molar-refractivity contribution in [1.29, 1.82) is 0 Å². The fourth-order valence-electron chi connectivity index (χ4n) is 2.63. The lowest BCUT2D eigenvalue weighted by atomic mass is 9.82. The van der Waals surface area contributed by atoms with Gasteiger partial charge in [0.05, 0.1) is 12.7 Å². The number of ether oxygens (including phenoxy) is 1. The van der Waals surface area contributed by atoms with Crippen LogP contribution in [0.15, 0.2) is 24.3 Å². The first-order chi connectivity index (χ1) is 11.0. The molecule has 2 rings (SSSR count). The van der Waals surface area contributed by atoms with Gasteiger partial charge in [-0.05, 0) is 17.5 Å². The molecule has 0 aliphatic rings. The average molecular weight is 335 g/mol. The summed E-state index contributed by atoms with van der Waals surface area (Å²) in [6, 6.07) is 7.25. The molecule has 0 amide bonds. The summed E-state index contributed by atoms with van der Waals surface area (Å²) in [4.78, 5) is 30.4. The Hall–Kier alpha value is -2.14. The van der Waals surface area contributed by atoms with Gasteiger partial charge >= 0.3 is 5.97 Å². The Morgan fingerprint density at radius 3 is 2.70 bits per heavy atom. The third-order valence-corrected chi connectivity index (χ3v) is 4.31. The van der Waals surface area contributed by atoms with Crippen molar-refractivity contribution in [1.82, 2.24) is 9.97 Å². The Kier molecular flexibility index (Phi) is 5.55. The minimum Gasteiger partial charge on any atom is -0.465 e. The number of H-pyrrole nitrogens is 1. The standard InChI is InChI=1S/C17H19ClN2O3/c1-4-10(2)14(16-19-13(9-21)15(18)20-16)11-7-5-6-8-12(11)17(22)23-3/h5-10,14H,4H2,1-3H3,(H,19,20). The van der Waals surface area contributed by atoms with Crippen molar-refractivity contribution in [3.05, 3.63) is 52.1 Å². The van der Waals surface area contributed by atoms with Crippen molar-refractivity contribution in [3.8, 4) is 0 Å². The number of esters is 1. The van der Waals surface area contributed by atoms with E-state index in [1.807, 2.05) is 12.1 Å². The molecule has 0 aliphatic heterocycles. The van der Waals surface area contributed by atoms with Gasteiger partial charge in [-0.25, -0.2) is 9.78 Å². The van der Waals surface area contributed by atoms with Gasteiger partial charge in [0.1, 0.15) is 16.7 Å². The van der Waals surface area contributed by atoms with E-state index in [-0.39, 0.29) is 22.7 Å². The van der Waals surface area contributed by atoms with Gasteiger partial charge in [-0.15, -0.1) is 0 Å². The lowest BCUT2D eigenvalue weighted by molar-refractivity contribution is 0.0598. The topological polar surface area (TPSA) is 72.0 Å². The van der Waals surface area contributed by atoms with E-state index < -0.39 is 5.97 Å². The first-order valence-electron chi connectivity index (χ1n) is 7.41. The first-order valence-corrected chi connectivity index (χ1v) is 7.79. The van der Waals surface area contributed by atoms with Gasteiger partial charge in [-0.2, -0.15) is 0 Å². The lowest BCUT2D eigenvalue weighted by Gasteiger charge is -2.23. The summed E-state index contributed by atoms with van der Waals surface area (Å²) in [7, 11) is 1.35. The number of aromatic amines is 1. The van der Waals surface area contributed by atoms with E-state index in [1.165, 1.54) is 7.11 Å². The molecule has 0 spiro atoms. The number of imidazole rings is 1. The molecule has 122 valence electrons. The molecule has 0 bridgehead atoms. The van der Waals surface area contributed by atoms with Crippen LogP contribution >= 0.6 is 11.6 Å². The first kappa shape index (κ1) is 17.2. The Morgan fingerprint density at radius 2 is 2.13 bits per heavy atom. The number of nitrogens with zero attached hydrogens (tertiary/aromatic N) is 1. The summed E-state index contributed by atoms with van der Waals surface area (Å²) >= 11 is 6.01. The quantitative estimate of drug-likeness (QED) is 0.643. The molecular weight excluding hydrogens is 316 g/mol. The van der Waals surface area contributed by atoms with Gasteiger partial charge < -0.3 is 9.72 Å². The van der Waals surface area contributed by atoms with E-state index in [0.717, 1.165) is 12.0 Å². The van der Waals surface area contributed by atoms with Crippen LogP contribution in [0.3, 0.4) is 0 Å². The number of rotatable bonds is 6. The van der Waals surface area contributed by atoms with E-state index in [0.29, 0.717) is 17.7 Å². The normalized spacial score (nSPS) is 13.4. The minimum atomic E-state index is -0.401. The summed E-state index contributed by atoms with van der Waals surface area (Å²) in [5.74, 6) is 0.161. The number of aldehydes is 1. The van der Waals surface area contributed by atoms with E-state index in [4.69, 9.17) is 16.3 Å². The van der Waals surface area contributed by atoms with Crippen LogP contribution in [0, 0.1) is 5.92 Å². The fourth-order valence-corrected chi connectivity index (χ4v) is 2.82. The van der Waals surface area contributed by atoms with Crippen molar-refractivity contribution < 1.29 is 14.3 Å². The van der Waals surface area contributed by atoms with Crippen molar-refractivity contribution in [2.75, 3.05) is 7.11 Å². The highest BCUT2D eigenvalue weighted by Gasteiger charge is 2.28. The van der Waals surface area contributed by atoms with Crippen molar-refractivity contribution in [2.45, 2.75) is 26.2 Å². The molecule has 2 aromatic rings. The van der Waals surface area contributed by atoms with Crippen LogP contribution in [0.5, 0.6) is 0 Å². The number of hydrogen-bond acceptors (Lipinski definition) is 4. The molecule has 0 aliphatic carbocycles. The number of carbonyl (C=O) groups is 2. The van der Waals surface area contributed by atoms with Crippen LogP contribution in [-0.4, -0.2) is 29.3 Å². The molecule has 1 heterocycles. The van der Waals surface area contributed by atoms with Gasteiger partial charge in [0.15, 0.2) is 6.29 Å². The summed E-state index contributed by atoms with van der Waals surface area (Å²) in [6.45, 7) is 4.12. The molecule has 0 saturated carbocycles. The Morgan fingerprint density at radius 1 is 1.43 bits per heavy atom. The summed E-state index contributed by atoms with van der Waals surface area (Å²) in [5.41, 5.74) is 1.46. The zero-order valence-corrected chi connectivity index (χ0v) is 14.1. The molecule has 2 atom stereocenters. The van der Waals surface area contributed by atoms with Gasteiger partial charge in [-0.1, -0.05) is 50.1 Å². The SMILES string of the molecule is CCC(C)C(c1nc(C=O)c(Cl)[nH]1)c1ccccc1C(=O)OC. The second-order valence-corrected chi connectivity index (χ2v) is 5.76. The van der Waals surface area contributed by atoms with Crippen molar-refractivity contribution in [2.24, 2.45) is 5.92 Å². The Balaban J connectivity index is 2.60. The second-order valence-electron chi connectivity index (χ2n) is 5.38. The maximum Gasteiger partial charge on any atom is 0.338 e. The van der Waals surface area contributed by atoms with Gasteiger partial charge in [0.25, 0.3) is 0 Å². The largest absolute Gasteiger partial charge is 0.465 e. The zero-order valence-electron chi connectivity index (χ0n) is 13.3. The van der Waals surface area contributed by atoms with Crippen LogP contribution < -0.4 is 0 Å². The molecule has 1 N–H and O–H groups in total. The Labute approximate surface area is 140 Å². The van der Waals surface area contributed by atoms with E-state index in [1.54, 1.807) is 12.1 Å². The molecule has 1 aromatic heterocycles. The lowest BCUT2D eigenvalue weighted by Crippen LogP contribution is -2.17. The van der Waals surface area contributed by atoms with Crippen LogP contribution in [0.25, 0.3) is 0 Å². The van der Waals surface area contributed by atoms with Gasteiger partial charge in [0, 0.05) is 5.92 Å². The van der Waals surface area contributed by atoms with Gasteiger partial charge in [0.2, 0.25) is 0 Å². The molecule has 23 heavy (non-hydrogen) atoms. The number of aromatic nitrogens is 2. The van der Waals surface area contributed by atoms with Crippen molar-refractivity contribution in [3.63, 3.8) is 0 Å². The predicted molar refractivity (Wildman–Crippen MR) is 88.1 cm³/mol. The summed E-state index contributed by atoms with van der Waals surface area (Å²) in [6.07, 6.45) is 1.48. The highest BCUT2D eigenvalue weighted by atomic mass is 35.5. The molecule has 2 unspecified atom stereocenters. The van der Waals surface area contributed by atoms with Crippen LogP contribution in [0.1, 0.15) is 58.4 Å². The smallest absolute Gasteiger partial charge is 0.338 e. The van der Waals surface area contributed by atoms with Crippen LogP contribution in [0.4, 0.5) is 0 Å². The highest BCUT2D eigenvalue weighted by molar-refractivity contribution is 6.31. The number of benzene rings is 1. The number of halogens is 1. The van der Waals surface area contributed by atoms with Crippen molar-refractivity contribution >= 4 is 23.9 Å². The molecule has 0 radical (unpaired) electrons. The predicted octanol–water partition coefficient (Wildman–Crippen LogP) is 3.84. The van der Waals surface area contributed by atoms with E-state index >= 15 is 0 Å². The van der Waals surface area contributed by atoms with Crippen LogP contribution in [-0.2, 0) is 4.74 Å². The molecule has 0 fully saturated rings.